The minimum Gasteiger partial charge on any atom is -0.271 e. The summed E-state index contributed by atoms with van der Waals surface area (Å²) in [6, 6.07) is 12.5. The van der Waals surface area contributed by atoms with Crippen molar-refractivity contribution in [1.82, 2.24) is 0 Å². The van der Waals surface area contributed by atoms with Crippen LogP contribution in [0.25, 0.3) is 10.8 Å². The van der Waals surface area contributed by atoms with E-state index in [-0.39, 0.29) is 0 Å². The van der Waals surface area contributed by atoms with Crippen LogP contribution >= 0.6 is 0 Å². The molecule has 0 atom stereocenters. The van der Waals surface area contributed by atoms with Gasteiger partial charge in [0, 0.05) is 10.9 Å². The van der Waals surface area contributed by atoms with E-state index < -0.39 is 0 Å². The number of nitrogens with one attached hydrogen (secondary N) is 1. The Bertz CT molecular complexity index is 465. The van der Waals surface area contributed by atoms with Crippen LogP contribution in [0.3, 0.4) is 0 Å². The van der Waals surface area contributed by atoms with E-state index in [4.69, 9.17) is 4.84 Å². The molecule has 0 unspecified atom stereocenters. The van der Waals surface area contributed by atoms with Gasteiger partial charge in [-0.3, -0.25) is 10.3 Å². The van der Waals surface area contributed by atoms with Gasteiger partial charge in [-0.25, -0.2) is 0 Å². The summed E-state index contributed by atoms with van der Waals surface area (Å²) in [6.45, 7) is 0.667. The number of rotatable bonds is 0. The van der Waals surface area contributed by atoms with E-state index in [1.54, 1.807) is 0 Å². The molecule has 0 bridgehead atoms. The molecule has 0 aliphatic carbocycles. The van der Waals surface area contributed by atoms with Crippen LogP contribution in [0.2, 0.25) is 0 Å². The first-order valence-electron chi connectivity index (χ1n) is 4.33. The summed E-state index contributed by atoms with van der Waals surface area (Å²) in [5.41, 5.74) is 5.30. The molecular formula is C11H9NO. The van der Waals surface area contributed by atoms with E-state index in [1.165, 1.54) is 16.3 Å². The molecule has 2 heteroatoms. The first-order chi connectivity index (χ1) is 6.45. The minimum absolute atomic E-state index is 0.667. The molecule has 0 saturated heterocycles. The van der Waals surface area contributed by atoms with Crippen molar-refractivity contribution in [2.75, 3.05) is 5.48 Å². The third kappa shape index (κ3) is 0.924. The predicted octanol–water partition coefficient (Wildman–Crippen LogP) is 2.70. The summed E-state index contributed by atoms with van der Waals surface area (Å²) in [4.78, 5) is 5.17. The van der Waals surface area contributed by atoms with E-state index in [1.807, 2.05) is 12.1 Å². The second kappa shape index (κ2) is 2.47. The first-order valence-corrected chi connectivity index (χ1v) is 4.33. The molecule has 2 aromatic rings. The number of anilines is 1. The lowest BCUT2D eigenvalue weighted by molar-refractivity contribution is 0.202. The van der Waals surface area contributed by atoms with Crippen LogP contribution < -0.4 is 5.48 Å². The van der Waals surface area contributed by atoms with Crippen LogP contribution in [0.4, 0.5) is 5.69 Å². The monoisotopic (exact) mass is 171 g/mol. The maximum absolute atomic E-state index is 5.17. The Morgan fingerprint density at radius 2 is 2.00 bits per heavy atom. The van der Waals surface area contributed by atoms with Crippen LogP contribution in [0.1, 0.15) is 5.56 Å². The zero-order chi connectivity index (χ0) is 8.67. The van der Waals surface area contributed by atoms with Crippen molar-refractivity contribution in [1.29, 1.82) is 0 Å². The maximum atomic E-state index is 5.17. The lowest BCUT2D eigenvalue weighted by Crippen LogP contribution is -1.88. The van der Waals surface area contributed by atoms with Gasteiger partial charge in [0.2, 0.25) is 0 Å². The molecular weight excluding hydrogens is 162 g/mol. The SMILES string of the molecule is c1ccc2c3c(ccc2c1)CON3. The van der Waals surface area contributed by atoms with Crippen molar-refractivity contribution in [2.24, 2.45) is 0 Å². The van der Waals surface area contributed by atoms with E-state index in [0.717, 1.165) is 5.69 Å². The third-order valence-corrected chi connectivity index (χ3v) is 2.42. The van der Waals surface area contributed by atoms with Crippen molar-refractivity contribution in [2.45, 2.75) is 6.61 Å². The van der Waals surface area contributed by atoms with Gasteiger partial charge < -0.3 is 0 Å². The average Bonchev–Trinajstić information content (AvgIpc) is 2.65. The summed E-state index contributed by atoms with van der Waals surface area (Å²) in [7, 11) is 0. The topological polar surface area (TPSA) is 21.3 Å². The van der Waals surface area contributed by atoms with E-state index >= 15 is 0 Å². The highest BCUT2D eigenvalue weighted by atomic mass is 16.6. The Morgan fingerprint density at radius 3 is 3.00 bits per heavy atom. The number of hydrogen-bond acceptors (Lipinski definition) is 2. The Morgan fingerprint density at radius 1 is 1.08 bits per heavy atom. The highest BCUT2D eigenvalue weighted by Crippen LogP contribution is 2.31. The molecule has 2 nitrogen and oxygen atoms in total. The van der Waals surface area contributed by atoms with Crippen LogP contribution in [0.15, 0.2) is 36.4 Å². The Labute approximate surface area is 76.1 Å². The van der Waals surface area contributed by atoms with E-state index in [0.29, 0.717) is 6.61 Å². The van der Waals surface area contributed by atoms with Crippen molar-refractivity contribution in [3.63, 3.8) is 0 Å². The van der Waals surface area contributed by atoms with Crippen molar-refractivity contribution in [3.8, 4) is 0 Å². The molecule has 1 aliphatic heterocycles. The Balaban J connectivity index is 2.43. The van der Waals surface area contributed by atoms with Gasteiger partial charge in [0.25, 0.3) is 0 Å². The highest BCUT2D eigenvalue weighted by Gasteiger charge is 2.12. The lowest BCUT2D eigenvalue weighted by Gasteiger charge is -2.02. The predicted molar refractivity (Wildman–Crippen MR) is 52.4 cm³/mol. The molecule has 1 heterocycles. The first kappa shape index (κ1) is 6.92. The fourth-order valence-electron chi connectivity index (χ4n) is 1.74. The molecule has 3 rings (SSSR count). The van der Waals surface area contributed by atoms with Gasteiger partial charge in [-0.2, -0.15) is 0 Å². The molecule has 64 valence electrons. The van der Waals surface area contributed by atoms with Crippen molar-refractivity contribution in [3.05, 3.63) is 42.0 Å². The third-order valence-electron chi connectivity index (χ3n) is 2.42. The van der Waals surface area contributed by atoms with Gasteiger partial charge in [-0.1, -0.05) is 36.4 Å². The highest BCUT2D eigenvalue weighted by molar-refractivity contribution is 5.95. The van der Waals surface area contributed by atoms with E-state index in [9.17, 15) is 0 Å². The molecule has 1 N–H and O–H groups in total. The average molecular weight is 171 g/mol. The van der Waals surface area contributed by atoms with Gasteiger partial charge in [-0.15, -0.1) is 0 Å². The zero-order valence-corrected chi connectivity index (χ0v) is 7.08. The van der Waals surface area contributed by atoms with Crippen molar-refractivity contribution < 1.29 is 4.84 Å². The smallest absolute Gasteiger partial charge is 0.102 e. The number of fused-ring (bicyclic) bond motifs is 3. The quantitative estimate of drug-likeness (QED) is 0.658. The number of hydrogen-bond donors (Lipinski definition) is 1. The summed E-state index contributed by atoms with van der Waals surface area (Å²) in [5.74, 6) is 0. The standard InChI is InChI=1S/C11H9NO/c1-2-4-10-8(3-1)5-6-9-7-13-12-11(9)10/h1-6,12H,7H2. The summed E-state index contributed by atoms with van der Waals surface area (Å²) < 4.78 is 0. The molecule has 1 aliphatic rings. The van der Waals surface area contributed by atoms with Gasteiger partial charge in [0.05, 0.1) is 5.69 Å². The molecule has 0 saturated carbocycles. The molecule has 0 spiro atoms. The maximum Gasteiger partial charge on any atom is 0.102 e. The minimum atomic E-state index is 0.667. The van der Waals surface area contributed by atoms with E-state index in [2.05, 4.69) is 29.7 Å². The number of benzene rings is 2. The van der Waals surface area contributed by atoms with Crippen molar-refractivity contribution >= 4 is 16.5 Å². The summed E-state index contributed by atoms with van der Waals surface area (Å²) in [6.07, 6.45) is 0. The Kier molecular flexibility index (Phi) is 1.32. The molecule has 0 fully saturated rings. The van der Waals surface area contributed by atoms with Crippen LogP contribution in [-0.4, -0.2) is 0 Å². The largest absolute Gasteiger partial charge is 0.271 e. The van der Waals surface area contributed by atoms with Crippen LogP contribution in [0.5, 0.6) is 0 Å². The molecule has 2 aromatic carbocycles. The fourth-order valence-corrected chi connectivity index (χ4v) is 1.74. The Hall–Kier alpha value is -1.54. The molecule has 0 radical (unpaired) electrons. The second-order valence-electron chi connectivity index (χ2n) is 3.21. The van der Waals surface area contributed by atoms with Crippen LogP contribution in [0, 0.1) is 0 Å². The molecule has 13 heavy (non-hydrogen) atoms. The zero-order valence-electron chi connectivity index (χ0n) is 7.08. The van der Waals surface area contributed by atoms with Gasteiger partial charge >= 0.3 is 0 Å². The van der Waals surface area contributed by atoms with Gasteiger partial charge in [-0.05, 0) is 5.39 Å². The summed E-state index contributed by atoms with van der Waals surface area (Å²) in [5, 5.41) is 2.48. The normalized spacial score (nSPS) is 14.2. The van der Waals surface area contributed by atoms with Gasteiger partial charge in [0.15, 0.2) is 0 Å². The molecule has 0 amide bonds. The molecule has 0 aromatic heterocycles. The van der Waals surface area contributed by atoms with Crippen LogP contribution in [-0.2, 0) is 11.4 Å². The van der Waals surface area contributed by atoms with Gasteiger partial charge in [0.1, 0.15) is 6.61 Å². The fraction of sp³-hybridized carbons (Fsp3) is 0.0909. The second-order valence-corrected chi connectivity index (χ2v) is 3.21. The lowest BCUT2D eigenvalue weighted by atomic mass is 10.1. The summed E-state index contributed by atoms with van der Waals surface area (Å²) >= 11 is 0.